The Balaban J connectivity index is 1.72. The fourth-order valence-corrected chi connectivity index (χ4v) is 4.19. The van der Waals surface area contributed by atoms with Crippen LogP contribution in [0.5, 0.6) is 5.75 Å². The molecule has 0 unspecified atom stereocenters. The van der Waals surface area contributed by atoms with Gasteiger partial charge in [0.25, 0.3) is 0 Å². The van der Waals surface area contributed by atoms with Gasteiger partial charge in [-0.15, -0.1) is 0 Å². The molecule has 0 aliphatic heterocycles. The number of aromatic nitrogens is 2. The number of ether oxygens (including phenoxy) is 2. The van der Waals surface area contributed by atoms with Crippen LogP contribution in [0.2, 0.25) is 0 Å². The molecule has 7 heteroatoms. The molecule has 2 heterocycles. The van der Waals surface area contributed by atoms with Crippen molar-refractivity contribution in [3.8, 4) is 16.9 Å². The highest BCUT2D eigenvalue weighted by atomic mass is 19.1. The number of hydrogen-bond acceptors (Lipinski definition) is 5. The number of pyridine rings is 1. The first-order valence-corrected chi connectivity index (χ1v) is 11.7. The standard InChI is InChI=1S/C28H30FN3O3/c1-4-34-28(33)14-21-5-6-22(29)15-27(21)35-17-19-11-25(20-7-9-31-23(13-20)16-30)24-8-10-32(18(2)3)26(24)12-19/h5-13,15,18H,4,14,16-17,30H2,1-3H3. The zero-order valence-electron chi connectivity index (χ0n) is 20.3. The van der Waals surface area contributed by atoms with Crippen LogP contribution in [-0.4, -0.2) is 22.1 Å². The van der Waals surface area contributed by atoms with E-state index in [9.17, 15) is 9.18 Å². The third-order valence-corrected chi connectivity index (χ3v) is 5.85. The molecule has 0 bridgehead atoms. The molecule has 0 amide bonds. The summed E-state index contributed by atoms with van der Waals surface area (Å²) in [5, 5.41) is 1.12. The third kappa shape index (κ3) is 5.52. The summed E-state index contributed by atoms with van der Waals surface area (Å²) in [7, 11) is 0. The molecule has 0 fully saturated rings. The summed E-state index contributed by atoms with van der Waals surface area (Å²) in [4.78, 5) is 16.3. The van der Waals surface area contributed by atoms with Crippen molar-refractivity contribution in [3.63, 3.8) is 0 Å². The fourth-order valence-electron chi connectivity index (χ4n) is 4.19. The molecule has 0 atom stereocenters. The van der Waals surface area contributed by atoms with E-state index >= 15 is 0 Å². The second kappa shape index (κ2) is 10.7. The van der Waals surface area contributed by atoms with Crippen LogP contribution in [-0.2, 0) is 29.1 Å². The molecule has 0 saturated carbocycles. The van der Waals surface area contributed by atoms with Crippen LogP contribution in [0, 0.1) is 5.82 Å². The topological polar surface area (TPSA) is 79.4 Å². The largest absolute Gasteiger partial charge is 0.488 e. The van der Waals surface area contributed by atoms with Crippen LogP contribution in [0.4, 0.5) is 4.39 Å². The van der Waals surface area contributed by atoms with Crippen molar-refractivity contribution < 1.29 is 18.7 Å². The number of fused-ring (bicyclic) bond motifs is 1. The first-order chi connectivity index (χ1) is 16.9. The Morgan fingerprint density at radius 3 is 2.71 bits per heavy atom. The van der Waals surface area contributed by atoms with Gasteiger partial charge < -0.3 is 19.8 Å². The number of esters is 1. The molecule has 0 spiro atoms. The minimum absolute atomic E-state index is 0.0167. The van der Waals surface area contributed by atoms with Crippen LogP contribution in [0.1, 0.15) is 43.6 Å². The van der Waals surface area contributed by atoms with Crippen molar-refractivity contribution in [1.29, 1.82) is 0 Å². The van der Waals surface area contributed by atoms with Crippen LogP contribution >= 0.6 is 0 Å². The normalized spacial score (nSPS) is 11.3. The average molecular weight is 476 g/mol. The zero-order valence-corrected chi connectivity index (χ0v) is 20.3. The quantitative estimate of drug-likeness (QED) is 0.320. The van der Waals surface area contributed by atoms with Gasteiger partial charge in [0.1, 0.15) is 18.2 Å². The summed E-state index contributed by atoms with van der Waals surface area (Å²) in [6.07, 6.45) is 3.86. The molecule has 4 rings (SSSR count). The number of hydrogen-bond donors (Lipinski definition) is 1. The zero-order chi connectivity index (χ0) is 24.9. The van der Waals surface area contributed by atoms with Crippen LogP contribution in [0.3, 0.4) is 0 Å². The van der Waals surface area contributed by atoms with E-state index in [2.05, 4.69) is 47.8 Å². The Morgan fingerprint density at radius 1 is 1.14 bits per heavy atom. The van der Waals surface area contributed by atoms with Crippen LogP contribution < -0.4 is 10.5 Å². The van der Waals surface area contributed by atoms with E-state index in [1.54, 1.807) is 19.2 Å². The lowest BCUT2D eigenvalue weighted by molar-refractivity contribution is -0.142. The number of rotatable bonds is 9. The Hall–Kier alpha value is -3.71. The summed E-state index contributed by atoms with van der Waals surface area (Å²) < 4.78 is 27.3. The molecule has 2 aromatic carbocycles. The van der Waals surface area contributed by atoms with Gasteiger partial charge in [0.15, 0.2) is 0 Å². The van der Waals surface area contributed by atoms with Gasteiger partial charge >= 0.3 is 5.97 Å². The SMILES string of the molecule is CCOC(=O)Cc1ccc(F)cc1OCc1cc(-c2ccnc(CN)c2)c2ccn(C(C)C)c2c1. The number of nitrogens with zero attached hydrogens (tertiary/aromatic N) is 2. The second-order valence-electron chi connectivity index (χ2n) is 8.66. The molecule has 2 aromatic heterocycles. The van der Waals surface area contributed by atoms with Crippen LogP contribution in [0.25, 0.3) is 22.0 Å². The molecule has 4 aromatic rings. The first kappa shape index (κ1) is 24.4. The van der Waals surface area contributed by atoms with Gasteiger partial charge in [-0.05, 0) is 73.9 Å². The van der Waals surface area contributed by atoms with Gasteiger partial charge in [-0.2, -0.15) is 0 Å². The predicted octanol–water partition coefficient (Wildman–Crippen LogP) is 5.57. The highest BCUT2D eigenvalue weighted by Gasteiger charge is 2.15. The smallest absolute Gasteiger partial charge is 0.310 e. The fraction of sp³-hybridized carbons (Fsp3) is 0.286. The monoisotopic (exact) mass is 475 g/mol. The van der Waals surface area contributed by atoms with E-state index in [0.29, 0.717) is 17.9 Å². The Labute approximate surface area is 204 Å². The number of carbonyl (C=O) groups excluding carboxylic acids is 1. The molecule has 0 aliphatic carbocycles. The van der Waals surface area contributed by atoms with Crippen molar-refractivity contribution in [2.75, 3.05) is 6.61 Å². The highest BCUT2D eigenvalue weighted by molar-refractivity contribution is 5.96. The minimum atomic E-state index is -0.427. The van der Waals surface area contributed by atoms with Crippen molar-refractivity contribution in [2.24, 2.45) is 5.73 Å². The Kier molecular flexibility index (Phi) is 7.46. The molecule has 35 heavy (non-hydrogen) atoms. The molecular formula is C28H30FN3O3. The number of halogens is 1. The van der Waals surface area contributed by atoms with Gasteiger partial charge in [0, 0.05) is 47.5 Å². The van der Waals surface area contributed by atoms with E-state index in [4.69, 9.17) is 15.2 Å². The highest BCUT2D eigenvalue weighted by Crippen LogP contribution is 2.33. The van der Waals surface area contributed by atoms with Gasteiger partial charge in [0.05, 0.1) is 18.7 Å². The summed E-state index contributed by atoms with van der Waals surface area (Å²) in [6, 6.07) is 14.7. The summed E-state index contributed by atoms with van der Waals surface area (Å²) in [5.74, 6) is -0.479. The molecule has 182 valence electrons. The lowest BCUT2D eigenvalue weighted by Crippen LogP contribution is -2.09. The predicted molar refractivity (Wildman–Crippen MR) is 135 cm³/mol. The Morgan fingerprint density at radius 2 is 1.97 bits per heavy atom. The molecule has 0 radical (unpaired) electrons. The summed E-state index contributed by atoms with van der Waals surface area (Å²) in [6.45, 7) is 6.87. The van der Waals surface area contributed by atoms with Crippen molar-refractivity contribution in [2.45, 2.75) is 46.4 Å². The van der Waals surface area contributed by atoms with Crippen molar-refractivity contribution in [3.05, 3.63) is 83.6 Å². The van der Waals surface area contributed by atoms with Gasteiger partial charge in [-0.3, -0.25) is 9.78 Å². The van der Waals surface area contributed by atoms with E-state index in [0.717, 1.165) is 33.3 Å². The minimum Gasteiger partial charge on any atom is -0.488 e. The second-order valence-corrected chi connectivity index (χ2v) is 8.66. The average Bonchev–Trinajstić information content (AvgIpc) is 3.28. The molecule has 0 aliphatic rings. The first-order valence-electron chi connectivity index (χ1n) is 11.7. The molecular weight excluding hydrogens is 445 g/mol. The van der Waals surface area contributed by atoms with E-state index in [-0.39, 0.29) is 31.6 Å². The molecule has 2 N–H and O–H groups in total. The van der Waals surface area contributed by atoms with E-state index in [1.165, 1.54) is 12.1 Å². The lowest BCUT2D eigenvalue weighted by atomic mass is 9.99. The van der Waals surface area contributed by atoms with E-state index < -0.39 is 5.82 Å². The molecule has 6 nitrogen and oxygen atoms in total. The molecule has 0 saturated heterocycles. The lowest BCUT2D eigenvalue weighted by Gasteiger charge is -2.15. The van der Waals surface area contributed by atoms with Crippen molar-refractivity contribution >= 4 is 16.9 Å². The number of benzene rings is 2. The van der Waals surface area contributed by atoms with E-state index in [1.807, 2.05) is 12.1 Å². The summed E-state index contributed by atoms with van der Waals surface area (Å²) in [5.41, 5.74) is 11.3. The number of carbonyl (C=O) groups is 1. The Bertz CT molecular complexity index is 1350. The number of nitrogens with two attached hydrogens (primary N) is 1. The summed E-state index contributed by atoms with van der Waals surface area (Å²) >= 11 is 0. The van der Waals surface area contributed by atoms with Crippen molar-refractivity contribution in [1.82, 2.24) is 9.55 Å². The maximum absolute atomic E-state index is 14.0. The maximum Gasteiger partial charge on any atom is 0.310 e. The van der Waals surface area contributed by atoms with Gasteiger partial charge in [-0.25, -0.2) is 4.39 Å². The maximum atomic E-state index is 14.0. The van der Waals surface area contributed by atoms with Gasteiger partial charge in [-0.1, -0.05) is 6.07 Å². The van der Waals surface area contributed by atoms with Gasteiger partial charge in [0.2, 0.25) is 0 Å². The van der Waals surface area contributed by atoms with Crippen LogP contribution in [0.15, 0.2) is 60.9 Å². The third-order valence-electron chi connectivity index (χ3n) is 5.85.